The van der Waals surface area contributed by atoms with Gasteiger partial charge in [-0.1, -0.05) is 25.0 Å². The smallest absolute Gasteiger partial charge is 0.227 e. The van der Waals surface area contributed by atoms with Gasteiger partial charge in [-0.15, -0.1) is 0 Å². The molecule has 1 amide bonds. The zero-order chi connectivity index (χ0) is 15.4. The first-order chi connectivity index (χ1) is 10.0. The number of methoxy groups -OCH3 is 1. The van der Waals surface area contributed by atoms with E-state index < -0.39 is 0 Å². The van der Waals surface area contributed by atoms with Crippen molar-refractivity contribution in [1.82, 2.24) is 4.90 Å². The summed E-state index contributed by atoms with van der Waals surface area (Å²) in [5.74, 6) is 0.896. The van der Waals surface area contributed by atoms with Gasteiger partial charge in [-0.3, -0.25) is 4.79 Å². The van der Waals surface area contributed by atoms with E-state index in [1.54, 1.807) is 19.1 Å². The Morgan fingerprint density at radius 1 is 1.38 bits per heavy atom. The summed E-state index contributed by atoms with van der Waals surface area (Å²) in [4.78, 5) is 14.1. The predicted molar refractivity (Wildman–Crippen MR) is 82.5 cm³/mol. The van der Waals surface area contributed by atoms with Crippen LogP contribution in [0.15, 0.2) is 18.2 Å². The van der Waals surface area contributed by atoms with Gasteiger partial charge in [0.15, 0.2) is 0 Å². The van der Waals surface area contributed by atoms with Crippen molar-refractivity contribution in [2.75, 3.05) is 14.2 Å². The summed E-state index contributed by atoms with van der Waals surface area (Å²) in [6.45, 7) is 1.97. The summed E-state index contributed by atoms with van der Waals surface area (Å²) in [7, 11) is 3.45. The van der Waals surface area contributed by atoms with Crippen molar-refractivity contribution in [2.45, 2.75) is 51.2 Å². The number of aliphatic hydroxyl groups excluding tert-OH is 1. The van der Waals surface area contributed by atoms with E-state index in [2.05, 4.69) is 0 Å². The van der Waals surface area contributed by atoms with Gasteiger partial charge in [-0.05, 0) is 37.0 Å². The van der Waals surface area contributed by atoms with Crippen LogP contribution in [0.2, 0.25) is 0 Å². The predicted octanol–water partition coefficient (Wildman–Crippen LogP) is 2.31. The van der Waals surface area contributed by atoms with Crippen LogP contribution >= 0.6 is 0 Å². The van der Waals surface area contributed by atoms with Gasteiger partial charge in [0.05, 0.1) is 25.7 Å². The van der Waals surface area contributed by atoms with Gasteiger partial charge >= 0.3 is 0 Å². The number of rotatable bonds is 4. The fourth-order valence-corrected chi connectivity index (χ4v) is 3.08. The minimum Gasteiger partial charge on any atom is -0.496 e. The zero-order valence-corrected chi connectivity index (χ0v) is 13.1. The Labute approximate surface area is 126 Å². The number of hydrogen-bond donors (Lipinski definition) is 1. The SMILES string of the molecule is COc1ccc(CC(=O)N(C)[C@@H]2CCCC[C@H]2O)cc1C. The molecule has 21 heavy (non-hydrogen) atoms. The van der Waals surface area contributed by atoms with Crippen LogP contribution in [0.1, 0.15) is 36.8 Å². The highest BCUT2D eigenvalue weighted by molar-refractivity contribution is 5.79. The molecule has 0 unspecified atom stereocenters. The second kappa shape index (κ2) is 6.94. The van der Waals surface area contributed by atoms with Gasteiger partial charge < -0.3 is 14.7 Å². The molecule has 1 aromatic carbocycles. The Kier molecular flexibility index (Phi) is 5.23. The molecule has 2 atom stereocenters. The van der Waals surface area contributed by atoms with E-state index in [9.17, 15) is 9.90 Å². The molecule has 116 valence electrons. The first-order valence-electron chi connectivity index (χ1n) is 7.60. The average molecular weight is 291 g/mol. The quantitative estimate of drug-likeness (QED) is 0.926. The van der Waals surface area contributed by atoms with Crippen LogP contribution in [0.4, 0.5) is 0 Å². The monoisotopic (exact) mass is 291 g/mol. The molecule has 4 heteroatoms. The summed E-state index contributed by atoms with van der Waals surface area (Å²) in [6, 6.07) is 5.77. The van der Waals surface area contributed by atoms with Gasteiger partial charge in [0.2, 0.25) is 5.91 Å². The van der Waals surface area contributed by atoms with Crippen LogP contribution in [-0.4, -0.2) is 42.2 Å². The lowest BCUT2D eigenvalue weighted by molar-refractivity contribution is -0.134. The first-order valence-corrected chi connectivity index (χ1v) is 7.60. The number of likely N-dealkylation sites (N-methyl/N-ethyl adjacent to an activating group) is 1. The average Bonchev–Trinajstić information content (AvgIpc) is 2.47. The molecule has 0 aromatic heterocycles. The maximum absolute atomic E-state index is 12.4. The van der Waals surface area contributed by atoms with Crippen molar-refractivity contribution >= 4 is 5.91 Å². The Morgan fingerprint density at radius 2 is 2.10 bits per heavy atom. The maximum Gasteiger partial charge on any atom is 0.227 e. The summed E-state index contributed by atoms with van der Waals surface area (Å²) in [5, 5.41) is 10.1. The summed E-state index contributed by atoms with van der Waals surface area (Å²) >= 11 is 0. The second-order valence-electron chi connectivity index (χ2n) is 5.90. The highest BCUT2D eigenvalue weighted by Crippen LogP contribution is 2.24. The van der Waals surface area contributed by atoms with E-state index in [4.69, 9.17) is 4.74 Å². The lowest BCUT2D eigenvalue weighted by atomic mass is 9.91. The third-order valence-electron chi connectivity index (χ3n) is 4.40. The summed E-state index contributed by atoms with van der Waals surface area (Å²) in [6.07, 6.45) is 3.81. The fourth-order valence-electron chi connectivity index (χ4n) is 3.08. The van der Waals surface area contributed by atoms with Crippen LogP contribution in [0, 0.1) is 6.92 Å². The number of carbonyl (C=O) groups is 1. The van der Waals surface area contributed by atoms with Crippen LogP contribution < -0.4 is 4.74 Å². The zero-order valence-electron chi connectivity index (χ0n) is 13.1. The van der Waals surface area contributed by atoms with E-state index in [0.29, 0.717) is 6.42 Å². The molecule has 2 rings (SSSR count). The number of nitrogens with zero attached hydrogens (tertiary/aromatic N) is 1. The van der Waals surface area contributed by atoms with Gasteiger partial charge in [-0.25, -0.2) is 0 Å². The molecule has 1 aliphatic carbocycles. The minimum atomic E-state index is -0.384. The Morgan fingerprint density at radius 3 is 2.71 bits per heavy atom. The van der Waals surface area contributed by atoms with E-state index in [1.165, 1.54) is 0 Å². The number of aliphatic hydroxyl groups is 1. The largest absolute Gasteiger partial charge is 0.496 e. The molecule has 0 bridgehead atoms. The number of amides is 1. The van der Waals surface area contributed by atoms with Gasteiger partial charge in [0.25, 0.3) is 0 Å². The van der Waals surface area contributed by atoms with Gasteiger partial charge in [0, 0.05) is 7.05 Å². The second-order valence-corrected chi connectivity index (χ2v) is 5.90. The molecule has 0 heterocycles. The van der Waals surface area contributed by atoms with Crippen molar-refractivity contribution in [1.29, 1.82) is 0 Å². The molecule has 4 nitrogen and oxygen atoms in total. The Bertz CT molecular complexity index is 501. The summed E-state index contributed by atoms with van der Waals surface area (Å²) in [5.41, 5.74) is 2.01. The van der Waals surface area contributed by atoms with Crippen molar-refractivity contribution in [3.63, 3.8) is 0 Å². The molecule has 1 fully saturated rings. The molecular weight excluding hydrogens is 266 g/mol. The normalized spacial score (nSPS) is 21.9. The van der Waals surface area contributed by atoms with E-state index >= 15 is 0 Å². The molecule has 0 spiro atoms. The van der Waals surface area contributed by atoms with E-state index in [1.807, 2.05) is 25.1 Å². The topological polar surface area (TPSA) is 49.8 Å². The number of aryl methyl sites for hydroxylation is 1. The Balaban J connectivity index is 2.01. The minimum absolute atomic E-state index is 0.0365. The lowest BCUT2D eigenvalue weighted by Gasteiger charge is -2.35. The van der Waals surface area contributed by atoms with Crippen LogP contribution in [0.25, 0.3) is 0 Å². The van der Waals surface area contributed by atoms with Crippen molar-refractivity contribution in [2.24, 2.45) is 0 Å². The molecule has 1 saturated carbocycles. The molecule has 0 aliphatic heterocycles. The number of hydrogen-bond acceptors (Lipinski definition) is 3. The maximum atomic E-state index is 12.4. The lowest BCUT2D eigenvalue weighted by Crippen LogP contribution is -2.46. The van der Waals surface area contributed by atoms with Gasteiger partial charge in [0.1, 0.15) is 5.75 Å². The molecule has 0 saturated heterocycles. The Hall–Kier alpha value is -1.55. The molecule has 1 aromatic rings. The number of benzene rings is 1. The first kappa shape index (κ1) is 15.8. The highest BCUT2D eigenvalue weighted by atomic mass is 16.5. The molecule has 1 N–H and O–H groups in total. The molecular formula is C17H25NO3. The van der Waals surface area contributed by atoms with E-state index in [0.717, 1.165) is 42.6 Å². The third kappa shape index (κ3) is 3.76. The van der Waals surface area contributed by atoms with Crippen molar-refractivity contribution in [3.05, 3.63) is 29.3 Å². The molecule has 0 radical (unpaired) electrons. The standard InChI is InChI=1S/C17H25NO3/c1-12-10-13(8-9-16(12)21-3)11-17(20)18(2)14-6-4-5-7-15(14)19/h8-10,14-15,19H,4-7,11H2,1-3H3/t14-,15-/m1/s1. The van der Waals surface area contributed by atoms with Crippen molar-refractivity contribution in [3.8, 4) is 5.75 Å². The number of carbonyl (C=O) groups excluding carboxylic acids is 1. The fraction of sp³-hybridized carbons (Fsp3) is 0.588. The van der Waals surface area contributed by atoms with Crippen LogP contribution in [0.5, 0.6) is 5.75 Å². The van der Waals surface area contributed by atoms with Gasteiger partial charge in [-0.2, -0.15) is 0 Å². The third-order valence-corrected chi connectivity index (χ3v) is 4.40. The highest BCUT2D eigenvalue weighted by Gasteiger charge is 2.29. The number of ether oxygens (including phenoxy) is 1. The van der Waals surface area contributed by atoms with Crippen LogP contribution in [-0.2, 0) is 11.2 Å². The summed E-state index contributed by atoms with van der Waals surface area (Å²) < 4.78 is 5.23. The van der Waals surface area contributed by atoms with Crippen LogP contribution in [0.3, 0.4) is 0 Å². The van der Waals surface area contributed by atoms with Crippen molar-refractivity contribution < 1.29 is 14.6 Å². The van der Waals surface area contributed by atoms with E-state index in [-0.39, 0.29) is 18.1 Å². The molecule has 1 aliphatic rings.